The number of halogens is 1. The van der Waals surface area contributed by atoms with Gasteiger partial charge in [-0.3, -0.25) is 9.78 Å². The van der Waals surface area contributed by atoms with Crippen LogP contribution in [0.25, 0.3) is 0 Å². The predicted octanol–water partition coefficient (Wildman–Crippen LogP) is 3.86. The summed E-state index contributed by atoms with van der Waals surface area (Å²) in [6.07, 6.45) is 3.04. The second-order valence-corrected chi connectivity index (χ2v) is 5.37. The molecule has 1 N–H and O–H groups in total. The second-order valence-electron chi connectivity index (χ2n) is 4.96. The van der Waals surface area contributed by atoms with Crippen molar-refractivity contribution in [3.8, 4) is 0 Å². The maximum Gasteiger partial charge on any atom is 0.253 e. The van der Waals surface area contributed by atoms with Crippen LogP contribution in [0.3, 0.4) is 0 Å². The second kappa shape index (κ2) is 6.53. The van der Waals surface area contributed by atoms with Gasteiger partial charge < -0.3 is 5.32 Å². The Morgan fingerprint density at radius 3 is 2.50 bits per heavy atom. The van der Waals surface area contributed by atoms with Gasteiger partial charge in [0.15, 0.2) is 0 Å². The van der Waals surface area contributed by atoms with Crippen LogP contribution >= 0.6 is 11.6 Å². The lowest BCUT2D eigenvalue weighted by atomic mass is 9.96. The number of carbonyl (C=O) groups is 1. The molecule has 0 fully saturated rings. The molecule has 0 aliphatic carbocycles. The highest BCUT2D eigenvalue weighted by molar-refractivity contribution is 6.33. The minimum Gasteiger partial charge on any atom is -0.345 e. The minimum atomic E-state index is -0.181. The SMILES string of the molecule is CC(C)C(NC(=O)c1ccncc1Cl)c1ccccc1. The van der Waals surface area contributed by atoms with Crippen molar-refractivity contribution in [3.05, 3.63) is 64.9 Å². The van der Waals surface area contributed by atoms with E-state index in [4.69, 9.17) is 11.6 Å². The first-order chi connectivity index (χ1) is 9.59. The zero-order valence-electron chi connectivity index (χ0n) is 11.5. The molecule has 1 unspecified atom stereocenters. The summed E-state index contributed by atoms with van der Waals surface area (Å²) in [7, 11) is 0. The minimum absolute atomic E-state index is 0.0482. The molecule has 1 aromatic carbocycles. The summed E-state index contributed by atoms with van der Waals surface area (Å²) in [6.45, 7) is 4.15. The molecule has 4 heteroatoms. The highest BCUT2D eigenvalue weighted by atomic mass is 35.5. The largest absolute Gasteiger partial charge is 0.345 e. The number of pyridine rings is 1. The molecule has 0 radical (unpaired) electrons. The highest BCUT2D eigenvalue weighted by Gasteiger charge is 2.20. The van der Waals surface area contributed by atoms with Crippen molar-refractivity contribution < 1.29 is 4.79 Å². The monoisotopic (exact) mass is 288 g/mol. The highest BCUT2D eigenvalue weighted by Crippen LogP contribution is 2.23. The van der Waals surface area contributed by atoms with Crippen molar-refractivity contribution >= 4 is 17.5 Å². The molecule has 1 atom stereocenters. The molecule has 0 saturated carbocycles. The Kier molecular flexibility index (Phi) is 4.74. The number of nitrogens with one attached hydrogen (secondary N) is 1. The van der Waals surface area contributed by atoms with Gasteiger partial charge in [0.1, 0.15) is 0 Å². The summed E-state index contributed by atoms with van der Waals surface area (Å²) in [6, 6.07) is 11.5. The number of hydrogen-bond donors (Lipinski definition) is 1. The number of aromatic nitrogens is 1. The summed E-state index contributed by atoms with van der Waals surface area (Å²) in [5.74, 6) is 0.0990. The Hall–Kier alpha value is -1.87. The van der Waals surface area contributed by atoms with E-state index in [1.807, 2.05) is 30.3 Å². The number of nitrogens with zero attached hydrogens (tertiary/aromatic N) is 1. The Morgan fingerprint density at radius 1 is 1.20 bits per heavy atom. The van der Waals surface area contributed by atoms with E-state index >= 15 is 0 Å². The molecule has 0 aliphatic heterocycles. The Balaban J connectivity index is 2.22. The normalized spacial score (nSPS) is 12.2. The molecule has 3 nitrogen and oxygen atoms in total. The fourth-order valence-corrected chi connectivity index (χ4v) is 2.28. The molecular weight excluding hydrogens is 272 g/mol. The van der Waals surface area contributed by atoms with Crippen molar-refractivity contribution in [3.63, 3.8) is 0 Å². The molecule has 0 bridgehead atoms. The molecule has 2 aromatic rings. The van der Waals surface area contributed by atoms with Gasteiger partial charge in [-0.05, 0) is 17.5 Å². The number of benzene rings is 1. The zero-order valence-corrected chi connectivity index (χ0v) is 12.3. The average Bonchev–Trinajstić information content (AvgIpc) is 2.45. The van der Waals surface area contributed by atoms with Crippen molar-refractivity contribution in [2.24, 2.45) is 5.92 Å². The Labute approximate surface area is 124 Å². The molecule has 1 amide bonds. The van der Waals surface area contributed by atoms with Crippen LogP contribution < -0.4 is 5.32 Å². The van der Waals surface area contributed by atoms with Crippen LogP contribution in [0.15, 0.2) is 48.8 Å². The van der Waals surface area contributed by atoms with Crippen molar-refractivity contribution in [1.29, 1.82) is 0 Å². The number of rotatable bonds is 4. The van der Waals surface area contributed by atoms with Gasteiger partial charge in [-0.15, -0.1) is 0 Å². The molecule has 1 aromatic heterocycles. The van der Waals surface area contributed by atoms with E-state index in [1.165, 1.54) is 6.20 Å². The van der Waals surface area contributed by atoms with E-state index in [9.17, 15) is 4.79 Å². The average molecular weight is 289 g/mol. The van der Waals surface area contributed by atoms with Crippen molar-refractivity contribution in [2.75, 3.05) is 0 Å². The first kappa shape index (κ1) is 14.5. The van der Waals surface area contributed by atoms with Gasteiger partial charge in [-0.1, -0.05) is 55.8 Å². The van der Waals surface area contributed by atoms with Crippen LogP contribution in [0.5, 0.6) is 0 Å². The van der Waals surface area contributed by atoms with Crippen LogP contribution in [-0.4, -0.2) is 10.9 Å². The van der Waals surface area contributed by atoms with Gasteiger partial charge in [0.25, 0.3) is 5.91 Å². The first-order valence-corrected chi connectivity index (χ1v) is 6.92. The fourth-order valence-electron chi connectivity index (χ4n) is 2.07. The van der Waals surface area contributed by atoms with Crippen molar-refractivity contribution in [1.82, 2.24) is 10.3 Å². The van der Waals surface area contributed by atoms with E-state index in [0.717, 1.165) is 5.56 Å². The van der Waals surface area contributed by atoms with Gasteiger partial charge >= 0.3 is 0 Å². The third-order valence-electron chi connectivity index (χ3n) is 3.13. The van der Waals surface area contributed by atoms with Crippen LogP contribution in [0.4, 0.5) is 0 Å². The van der Waals surface area contributed by atoms with Crippen LogP contribution in [0.1, 0.15) is 35.8 Å². The van der Waals surface area contributed by atoms with E-state index in [0.29, 0.717) is 10.6 Å². The molecule has 104 valence electrons. The van der Waals surface area contributed by atoms with Crippen molar-refractivity contribution in [2.45, 2.75) is 19.9 Å². The number of amides is 1. The zero-order chi connectivity index (χ0) is 14.5. The quantitative estimate of drug-likeness (QED) is 0.928. The van der Waals surface area contributed by atoms with E-state index in [1.54, 1.807) is 12.3 Å². The summed E-state index contributed by atoms with van der Waals surface area (Å²) >= 11 is 6.00. The fraction of sp³-hybridized carbons (Fsp3) is 0.250. The maximum absolute atomic E-state index is 12.3. The van der Waals surface area contributed by atoms with Gasteiger partial charge in [-0.2, -0.15) is 0 Å². The van der Waals surface area contributed by atoms with E-state index < -0.39 is 0 Å². The molecule has 1 heterocycles. The molecule has 0 aliphatic rings. The summed E-state index contributed by atoms with van der Waals surface area (Å²) < 4.78 is 0. The topological polar surface area (TPSA) is 42.0 Å². The van der Waals surface area contributed by atoms with Gasteiger partial charge in [0.05, 0.1) is 16.6 Å². The Bertz CT molecular complexity index is 584. The van der Waals surface area contributed by atoms with Gasteiger partial charge in [0.2, 0.25) is 0 Å². The summed E-state index contributed by atoms with van der Waals surface area (Å²) in [5, 5.41) is 3.40. The van der Waals surface area contributed by atoms with E-state index in [-0.39, 0.29) is 17.9 Å². The lowest BCUT2D eigenvalue weighted by Gasteiger charge is -2.23. The van der Waals surface area contributed by atoms with Gasteiger partial charge in [0, 0.05) is 12.4 Å². The molecule has 20 heavy (non-hydrogen) atoms. The third-order valence-corrected chi connectivity index (χ3v) is 3.43. The Morgan fingerprint density at radius 2 is 1.90 bits per heavy atom. The third kappa shape index (κ3) is 3.36. The summed E-state index contributed by atoms with van der Waals surface area (Å²) in [4.78, 5) is 16.2. The lowest BCUT2D eigenvalue weighted by Crippen LogP contribution is -2.31. The van der Waals surface area contributed by atoms with Crippen LogP contribution in [0.2, 0.25) is 5.02 Å². The summed E-state index contributed by atoms with van der Waals surface area (Å²) in [5.41, 5.74) is 1.53. The van der Waals surface area contributed by atoms with Gasteiger partial charge in [-0.25, -0.2) is 0 Å². The number of hydrogen-bond acceptors (Lipinski definition) is 2. The first-order valence-electron chi connectivity index (χ1n) is 6.55. The maximum atomic E-state index is 12.3. The van der Waals surface area contributed by atoms with Crippen LogP contribution in [-0.2, 0) is 0 Å². The lowest BCUT2D eigenvalue weighted by molar-refractivity contribution is 0.0925. The molecule has 0 spiro atoms. The number of carbonyl (C=O) groups excluding carboxylic acids is 1. The molecule has 2 rings (SSSR count). The molecule has 0 saturated heterocycles. The smallest absolute Gasteiger partial charge is 0.253 e. The standard InChI is InChI=1S/C16H17ClN2O/c1-11(2)15(12-6-4-3-5-7-12)19-16(20)13-8-9-18-10-14(13)17/h3-11,15H,1-2H3,(H,19,20). The predicted molar refractivity (Wildman–Crippen MR) is 80.7 cm³/mol. The van der Waals surface area contributed by atoms with E-state index in [2.05, 4.69) is 24.1 Å². The molecular formula is C16H17ClN2O. The van der Waals surface area contributed by atoms with Crippen LogP contribution in [0, 0.1) is 5.92 Å².